The minimum absolute atomic E-state index is 0.0268. The summed E-state index contributed by atoms with van der Waals surface area (Å²) in [5.74, 6) is -0.298. The summed E-state index contributed by atoms with van der Waals surface area (Å²) in [6.07, 6.45) is 0.849. The first-order valence-electron chi connectivity index (χ1n) is 5.50. The summed E-state index contributed by atoms with van der Waals surface area (Å²) in [7, 11) is 0. The van der Waals surface area contributed by atoms with Crippen LogP contribution in [0.3, 0.4) is 0 Å². The van der Waals surface area contributed by atoms with Gasteiger partial charge in [-0.1, -0.05) is 24.3 Å². The largest absolute Gasteiger partial charge is 0.463 e. The quantitative estimate of drug-likeness (QED) is 0.598. The molecule has 0 aliphatic carbocycles. The van der Waals surface area contributed by atoms with Gasteiger partial charge in [-0.15, -0.1) is 0 Å². The van der Waals surface area contributed by atoms with Gasteiger partial charge in [0.15, 0.2) is 5.78 Å². The van der Waals surface area contributed by atoms with Crippen LogP contribution in [0.15, 0.2) is 24.3 Å². The highest BCUT2D eigenvalue weighted by atomic mass is 16.5. The first-order valence-corrected chi connectivity index (χ1v) is 5.50. The van der Waals surface area contributed by atoms with Crippen molar-refractivity contribution < 1.29 is 19.4 Å². The molecule has 0 fully saturated rings. The van der Waals surface area contributed by atoms with Crippen molar-refractivity contribution in [1.29, 1.82) is 0 Å². The number of carbonyl (C=O) groups excluding carboxylic acids is 2. The second-order valence-corrected chi connectivity index (χ2v) is 3.70. The van der Waals surface area contributed by atoms with Gasteiger partial charge in [0.05, 0.1) is 6.61 Å². The molecule has 0 atom stereocenters. The van der Waals surface area contributed by atoms with E-state index in [1.54, 1.807) is 12.1 Å². The maximum Gasteiger partial charge on any atom is 0.306 e. The lowest BCUT2D eigenvalue weighted by Crippen LogP contribution is -2.09. The van der Waals surface area contributed by atoms with Crippen LogP contribution in [0.1, 0.15) is 29.3 Å². The third-order valence-electron chi connectivity index (χ3n) is 2.33. The zero-order valence-corrected chi connectivity index (χ0v) is 9.81. The fraction of sp³-hybridized carbons (Fsp3) is 0.385. The van der Waals surface area contributed by atoms with Gasteiger partial charge in [0.2, 0.25) is 0 Å². The molecule has 0 saturated carbocycles. The molecule has 0 aromatic heterocycles. The molecule has 4 heteroatoms. The van der Waals surface area contributed by atoms with Gasteiger partial charge >= 0.3 is 5.97 Å². The standard InChI is InChI=1S/C13H16O4/c1-10(15)12-5-2-11(3-6-12)4-7-13(16)17-9-8-14/h2-3,5-6,14H,4,7-9H2,1H3. The van der Waals surface area contributed by atoms with Gasteiger partial charge in [0.25, 0.3) is 0 Å². The van der Waals surface area contributed by atoms with Gasteiger partial charge in [0.1, 0.15) is 6.61 Å². The Morgan fingerprint density at radius 2 is 1.88 bits per heavy atom. The zero-order chi connectivity index (χ0) is 12.7. The Bertz CT molecular complexity index is 381. The van der Waals surface area contributed by atoms with Gasteiger partial charge in [0, 0.05) is 12.0 Å². The zero-order valence-electron chi connectivity index (χ0n) is 9.81. The van der Waals surface area contributed by atoms with E-state index in [9.17, 15) is 9.59 Å². The number of carbonyl (C=O) groups is 2. The molecule has 17 heavy (non-hydrogen) atoms. The third-order valence-corrected chi connectivity index (χ3v) is 2.33. The Kier molecular flexibility index (Phi) is 5.36. The van der Waals surface area contributed by atoms with Crippen LogP contribution in [0.2, 0.25) is 0 Å². The summed E-state index contributed by atoms with van der Waals surface area (Å²) in [6.45, 7) is 1.41. The molecule has 1 rings (SSSR count). The maximum atomic E-state index is 11.2. The number of esters is 1. The van der Waals surface area contributed by atoms with Gasteiger partial charge in [-0.05, 0) is 18.9 Å². The monoisotopic (exact) mass is 236 g/mol. The summed E-state index contributed by atoms with van der Waals surface area (Å²) < 4.78 is 4.73. The van der Waals surface area contributed by atoms with E-state index in [-0.39, 0.29) is 31.4 Å². The number of ketones is 1. The fourth-order valence-corrected chi connectivity index (χ4v) is 1.38. The predicted octanol–water partition coefficient (Wildman–Crippen LogP) is 1.36. The number of ether oxygens (including phenoxy) is 1. The Hall–Kier alpha value is -1.68. The van der Waals surface area contributed by atoms with E-state index < -0.39 is 0 Å². The number of hydrogen-bond acceptors (Lipinski definition) is 4. The molecule has 4 nitrogen and oxygen atoms in total. The second-order valence-electron chi connectivity index (χ2n) is 3.70. The molecule has 1 aromatic carbocycles. The Morgan fingerprint density at radius 1 is 1.24 bits per heavy atom. The molecule has 0 aliphatic rings. The predicted molar refractivity (Wildman–Crippen MR) is 62.8 cm³/mol. The Labute approximate surface area is 100 Å². The van der Waals surface area contributed by atoms with Crippen molar-refractivity contribution in [2.24, 2.45) is 0 Å². The molecule has 92 valence electrons. The van der Waals surface area contributed by atoms with Crippen molar-refractivity contribution in [1.82, 2.24) is 0 Å². The van der Waals surface area contributed by atoms with Crippen LogP contribution in [0, 0.1) is 0 Å². The molecule has 0 amide bonds. The van der Waals surface area contributed by atoms with Crippen LogP contribution in [0.5, 0.6) is 0 Å². The molecule has 0 radical (unpaired) electrons. The van der Waals surface area contributed by atoms with Crippen LogP contribution in [-0.4, -0.2) is 30.1 Å². The maximum absolute atomic E-state index is 11.2. The summed E-state index contributed by atoms with van der Waals surface area (Å²) >= 11 is 0. The van der Waals surface area contributed by atoms with Crippen molar-refractivity contribution >= 4 is 11.8 Å². The average Bonchev–Trinajstić information content (AvgIpc) is 2.34. The molecule has 0 heterocycles. The summed E-state index contributed by atoms with van der Waals surface area (Å²) in [5, 5.41) is 8.47. The first kappa shape index (κ1) is 13.4. The van der Waals surface area contributed by atoms with Crippen molar-refractivity contribution in [3.8, 4) is 0 Å². The number of rotatable bonds is 6. The molecule has 0 bridgehead atoms. The lowest BCUT2D eigenvalue weighted by molar-refractivity contribution is -0.144. The smallest absolute Gasteiger partial charge is 0.306 e. The van der Waals surface area contributed by atoms with Gasteiger partial charge in [-0.2, -0.15) is 0 Å². The number of aliphatic hydroxyl groups is 1. The highest BCUT2D eigenvalue weighted by molar-refractivity contribution is 5.94. The van der Waals surface area contributed by atoms with Crippen molar-refractivity contribution in [3.63, 3.8) is 0 Å². The molecule has 0 unspecified atom stereocenters. The molecule has 1 aromatic rings. The van der Waals surface area contributed by atoms with Crippen LogP contribution < -0.4 is 0 Å². The van der Waals surface area contributed by atoms with E-state index >= 15 is 0 Å². The topological polar surface area (TPSA) is 63.6 Å². The summed E-state index contributed by atoms with van der Waals surface area (Å²) in [6, 6.07) is 7.15. The summed E-state index contributed by atoms with van der Waals surface area (Å²) in [5.41, 5.74) is 1.65. The molecule has 0 aliphatic heterocycles. The minimum atomic E-state index is -0.324. The molecule has 0 spiro atoms. The number of benzene rings is 1. The number of aliphatic hydroxyl groups excluding tert-OH is 1. The highest BCUT2D eigenvalue weighted by Gasteiger charge is 2.04. The lowest BCUT2D eigenvalue weighted by atomic mass is 10.1. The Morgan fingerprint density at radius 3 is 2.41 bits per heavy atom. The normalized spacial score (nSPS) is 10.0. The van der Waals surface area contributed by atoms with Crippen LogP contribution in [-0.2, 0) is 16.0 Å². The second kappa shape index (κ2) is 6.81. The van der Waals surface area contributed by atoms with Gasteiger partial charge in [-0.3, -0.25) is 9.59 Å². The van der Waals surface area contributed by atoms with E-state index in [4.69, 9.17) is 9.84 Å². The number of Topliss-reactive ketones (excluding diaryl/α,β-unsaturated/α-hetero) is 1. The van der Waals surface area contributed by atoms with E-state index in [0.717, 1.165) is 5.56 Å². The van der Waals surface area contributed by atoms with Crippen LogP contribution >= 0.6 is 0 Å². The van der Waals surface area contributed by atoms with E-state index in [2.05, 4.69) is 0 Å². The molecular formula is C13H16O4. The average molecular weight is 236 g/mol. The van der Waals surface area contributed by atoms with E-state index in [0.29, 0.717) is 12.0 Å². The fourth-order valence-electron chi connectivity index (χ4n) is 1.38. The van der Waals surface area contributed by atoms with Crippen LogP contribution in [0.4, 0.5) is 0 Å². The Balaban J connectivity index is 2.42. The SMILES string of the molecule is CC(=O)c1ccc(CCC(=O)OCCO)cc1. The summed E-state index contributed by atoms with van der Waals surface area (Å²) in [4.78, 5) is 22.2. The minimum Gasteiger partial charge on any atom is -0.463 e. The van der Waals surface area contributed by atoms with E-state index in [1.807, 2.05) is 12.1 Å². The van der Waals surface area contributed by atoms with Crippen LogP contribution in [0.25, 0.3) is 0 Å². The number of aryl methyl sites for hydroxylation is 1. The van der Waals surface area contributed by atoms with Crippen molar-refractivity contribution in [2.75, 3.05) is 13.2 Å². The van der Waals surface area contributed by atoms with Gasteiger partial charge < -0.3 is 9.84 Å². The highest BCUT2D eigenvalue weighted by Crippen LogP contribution is 2.07. The third kappa shape index (κ3) is 4.78. The van der Waals surface area contributed by atoms with Gasteiger partial charge in [-0.25, -0.2) is 0 Å². The molecule has 1 N–H and O–H groups in total. The van der Waals surface area contributed by atoms with Crippen molar-refractivity contribution in [3.05, 3.63) is 35.4 Å². The molecular weight excluding hydrogens is 220 g/mol. The molecule has 0 saturated heterocycles. The number of hydrogen-bond donors (Lipinski definition) is 1. The van der Waals surface area contributed by atoms with Crippen molar-refractivity contribution in [2.45, 2.75) is 19.8 Å². The lowest BCUT2D eigenvalue weighted by Gasteiger charge is -2.03. The van der Waals surface area contributed by atoms with E-state index in [1.165, 1.54) is 6.92 Å². The first-order chi connectivity index (χ1) is 8.13.